The van der Waals surface area contributed by atoms with Gasteiger partial charge in [0.05, 0.1) is 19.5 Å². The fourth-order valence-electron chi connectivity index (χ4n) is 2.40. The Kier molecular flexibility index (Phi) is 4.73. The lowest BCUT2D eigenvalue weighted by Crippen LogP contribution is -2.23. The summed E-state index contributed by atoms with van der Waals surface area (Å²) in [4.78, 5) is 9.58. The van der Waals surface area contributed by atoms with E-state index in [2.05, 4.69) is 10.1 Å². The molecule has 2 aromatic rings. The highest BCUT2D eigenvalue weighted by Crippen LogP contribution is 2.22. The maximum atomic E-state index is 5.71. The van der Waals surface area contributed by atoms with Crippen LogP contribution in [0.3, 0.4) is 0 Å². The minimum absolute atomic E-state index is 0.0981. The van der Waals surface area contributed by atoms with Gasteiger partial charge in [-0.2, -0.15) is 0 Å². The Morgan fingerprint density at radius 3 is 2.87 bits per heavy atom. The molecule has 1 aromatic heterocycles. The van der Waals surface area contributed by atoms with Gasteiger partial charge in [-0.1, -0.05) is 35.5 Å². The average molecular weight is 315 g/mol. The van der Waals surface area contributed by atoms with E-state index in [4.69, 9.17) is 14.3 Å². The Balaban J connectivity index is 1.65. The van der Waals surface area contributed by atoms with Crippen LogP contribution in [-0.2, 0) is 20.9 Å². The normalized spacial score (nSPS) is 20.6. The van der Waals surface area contributed by atoms with Crippen LogP contribution in [0.2, 0.25) is 0 Å². The van der Waals surface area contributed by atoms with Crippen molar-refractivity contribution in [3.8, 4) is 0 Å². The fraction of sp³-hybridized carbons (Fsp3) is 0.412. The summed E-state index contributed by atoms with van der Waals surface area (Å²) in [6, 6.07) is 9.96. The van der Waals surface area contributed by atoms with Gasteiger partial charge < -0.3 is 18.9 Å². The summed E-state index contributed by atoms with van der Waals surface area (Å²) < 4.78 is 13.2. The van der Waals surface area contributed by atoms with Gasteiger partial charge in [0.15, 0.2) is 5.79 Å². The van der Waals surface area contributed by atoms with Crippen molar-refractivity contribution in [2.75, 3.05) is 13.2 Å². The monoisotopic (exact) mass is 315 g/mol. The van der Waals surface area contributed by atoms with E-state index in [1.54, 1.807) is 12.5 Å². The summed E-state index contributed by atoms with van der Waals surface area (Å²) >= 11 is 0. The topological polar surface area (TPSA) is 57.9 Å². The Labute approximate surface area is 135 Å². The second kappa shape index (κ2) is 6.93. The lowest BCUT2D eigenvalue weighted by atomic mass is 10.1. The smallest absolute Gasteiger partial charge is 0.163 e. The zero-order valence-corrected chi connectivity index (χ0v) is 13.4. The molecule has 0 amide bonds. The lowest BCUT2D eigenvalue weighted by Gasteiger charge is -2.16. The van der Waals surface area contributed by atoms with Crippen LogP contribution in [0.15, 0.2) is 54.2 Å². The lowest BCUT2D eigenvalue weighted by molar-refractivity contribution is -0.145. The van der Waals surface area contributed by atoms with Crippen molar-refractivity contribution in [3.63, 3.8) is 0 Å². The summed E-state index contributed by atoms with van der Waals surface area (Å²) in [6.07, 6.45) is 5.30. The van der Waals surface area contributed by atoms with E-state index in [0.29, 0.717) is 19.8 Å². The molecule has 122 valence electrons. The van der Waals surface area contributed by atoms with Crippen LogP contribution in [0.1, 0.15) is 19.4 Å². The second-order valence-electron chi connectivity index (χ2n) is 5.89. The van der Waals surface area contributed by atoms with Crippen LogP contribution in [0.25, 0.3) is 0 Å². The van der Waals surface area contributed by atoms with Crippen LogP contribution in [0, 0.1) is 0 Å². The van der Waals surface area contributed by atoms with Crippen LogP contribution in [0.5, 0.6) is 0 Å². The molecule has 1 unspecified atom stereocenters. The second-order valence-corrected chi connectivity index (χ2v) is 5.89. The van der Waals surface area contributed by atoms with Gasteiger partial charge >= 0.3 is 0 Å². The molecule has 1 saturated heterocycles. The Morgan fingerprint density at radius 1 is 1.39 bits per heavy atom. The SMILES string of the molecule is CC1(C)OCC(CO/N=C(/Cn2ccnc2)c2ccccc2)O1. The Hall–Kier alpha value is -2.18. The largest absolute Gasteiger partial charge is 0.393 e. The number of nitrogens with zero attached hydrogens (tertiary/aromatic N) is 3. The molecule has 2 heterocycles. The summed E-state index contributed by atoms with van der Waals surface area (Å²) in [5.41, 5.74) is 1.85. The van der Waals surface area contributed by atoms with Gasteiger partial charge in [0.25, 0.3) is 0 Å². The molecular formula is C17H21N3O3. The predicted molar refractivity (Wildman–Crippen MR) is 86.1 cm³/mol. The first kappa shape index (κ1) is 15.7. The predicted octanol–water partition coefficient (Wildman–Crippen LogP) is 2.46. The number of oxime groups is 1. The van der Waals surface area contributed by atoms with E-state index in [-0.39, 0.29) is 6.10 Å². The highest BCUT2D eigenvalue weighted by molar-refractivity contribution is 6.00. The van der Waals surface area contributed by atoms with Gasteiger partial charge in [-0.25, -0.2) is 4.98 Å². The number of ether oxygens (including phenoxy) is 2. The fourth-order valence-corrected chi connectivity index (χ4v) is 2.40. The third kappa shape index (κ3) is 4.40. The van der Waals surface area contributed by atoms with Gasteiger partial charge in [-0.3, -0.25) is 0 Å². The number of hydrogen-bond donors (Lipinski definition) is 0. The average Bonchev–Trinajstić information content (AvgIpc) is 3.17. The highest BCUT2D eigenvalue weighted by Gasteiger charge is 2.33. The maximum absolute atomic E-state index is 5.71. The molecule has 0 aliphatic carbocycles. The third-order valence-corrected chi connectivity index (χ3v) is 3.50. The van der Waals surface area contributed by atoms with Gasteiger partial charge in [0.2, 0.25) is 0 Å². The Morgan fingerprint density at radius 2 is 2.22 bits per heavy atom. The summed E-state index contributed by atoms with van der Waals surface area (Å²) in [5.74, 6) is -0.545. The van der Waals surface area contributed by atoms with Crippen molar-refractivity contribution < 1.29 is 14.3 Å². The number of aromatic nitrogens is 2. The molecule has 0 bridgehead atoms. The number of imidazole rings is 1. The molecule has 1 atom stereocenters. The number of rotatable bonds is 6. The van der Waals surface area contributed by atoms with Crippen molar-refractivity contribution in [1.82, 2.24) is 9.55 Å². The molecule has 1 aromatic carbocycles. The first-order valence-corrected chi connectivity index (χ1v) is 7.64. The maximum Gasteiger partial charge on any atom is 0.163 e. The highest BCUT2D eigenvalue weighted by atomic mass is 16.8. The molecule has 6 heteroatoms. The summed E-state index contributed by atoms with van der Waals surface area (Å²) in [6.45, 7) is 5.27. The zero-order valence-electron chi connectivity index (χ0n) is 13.4. The van der Waals surface area contributed by atoms with Gasteiger partial charge in [-0.05, 0) is 13.8 Å². The van der Waals surface area contributed by atoms with Gasteiger partial charge in [-0.15, -0.1) is 0 Å². The molecule has 6 nitrogen and oxygen atoms in total. The van der Waals surface area contributed by atoms with E-state index >= 15 is 0 Å². The molecule has 1 aliphatic rings. The molecule has 1 aliphatic heterocycles. The van der Waals surface area contributed by atoms with E-state index in [0.717, 1.165) is 11.3 Å². The van der Waals surface area contributed by atoms with Crippen molar-refractivity contribution in [3.05, 3.63) is 54.6 Å². The van der Waals surface area contributed by atoms with E-state index in [9.17, 15) is 0 Å². The van der Waals surface area contributed by atoms with Crippen molar-refractivity contribution >= 4 is 5.71 Å². The van der Waals surface area contributed by atoms with Gasteiger partial charge in [0.1, 0.15) is 18.4 Å². The number of benzene rings is 1. The van der Waals surface area contributed by atoms with Crippen LogP contribution >= 0.6 is 0 Å². The molecule has 1 fully saturated rings. The molecule has 0 saturated carbocycles. The van der Waals surface area contributed by atoms with Crippen molar-refractivity contribution in [1.29, 1.82) is 0 Å². The number of hydrogen-bond acceptors (Lipinski definition) is 5. The standard InChI is InChI=1S/C17H21N3O3/c1-17(2)21-11-15(23-17)12-22-19-16(10-20-9-8-18-13-20)14-6-4-3-5-7-14/h3-9,13,15H,10-12H2,1-2H3/b19-16-. The van der Waals surface area contributed by atoms with Crippen molar-refractivity contribution in [2.45, 2.75) is 32.3 Å². The third-order valence-electron chi connectivity index (χ3n) is 3.50. The molecule has 3 rings (SSSR count). The van der Waals surface area contributed by atoms with Crippen LogP contribution < -0.4 is 0 Å². The molecule has 23 heavy (non-hydrogen) atoms. The summed E-state index contributed by atoms with van der Waals surface area (Å²) in [7, 11) is 0. The van der Waals surface area contributed by atoms with Crippen LogP contribution in [-0.4, -0.2) is 40.4 Å². The quantitative estimate of drug-likeness (QED) is 0.607. The minimum Gasteiger partial charge on any atom is -0.393 e. The molecular weight excluding hydrogens is 294 g/mol. The Bertz CT molecular complexity index is 638. The van der Waals surface area contributed by atoms with Gasteiger partial charge in [0, 0.05) is 18.0 Å². The molecule has 0 radical (unpaired) electrons. The zero-order chi connectivity index (χ0) is 16.1. The molecule has 0 spiro atoms. The van der Waals surface area contributed by atoms with E-state index in [1.807, 2.05) is 54.9 Å². The van der Waals surface area contributed by atoms with Crippen molar-refractivity contribution in [2.24, 2.45) is 5.16 Å². The van der Waals surface area contributed by atoms with E-state index < -0.39 is 5.79 Å². The summed E-state index contributed by atoms with van der Waals surface area (Å²) in [5, 5.41) is 4.31. The molecule has 0 N–H and O–H groups in total. The first-order chi connectivity index (χ1) is 11.1. The minimum atomic E-state index is -0.545. The van der Waals surface area contributed by atoms with Crippen LogP contribution in [0.4, 0.5) is 0 Å². The first-order valence-electron chi connectivity index (χ1n) is 7.64. The van der Waals surface area contributed by atoms with E-state index in [1.165, 1.54) is 0 Å².